The monoisotopic (exact) mass is 361 g/mol. The van der Waals surface area contributed by atoms with Gasteiger partial charge in [-0.15, -0.1) is 0 Å². The van der Waals surface area contributed by atoms with Gasteiger partial charge in [0.2, 0.25) is 5.91 Å². The molecule has 2 fully saturated rings. The molecule has 8 heteroatoms. The molecule has 5 amide bonds. The van der Waals surface area contributed by atoms with Crippen LogP contribution in [0.2, 0.25) is 0 Å². The summed E-state index contributed by atoms with van der Waals surface area (Å²) in [4.78, 5) is 50.8. The Balaban J connectivity index is 1.70. The van der Waals surface area contributed by atoms with Gasteiger partial charge >= 0.3 is 17.8 Å². The number of nitrogens with one attached hydrogen (secondary N) is 1. The van der Waals surface area contributed by atoms with E-state index in [0.29, 0.717) is 11.3 Å². The second-order valence-corrected chi connectivity index (χ2v) is 6.74. The molecular formula is C18H20FN3O4. The van der Waals surface area contributed by atoms with E-state index in [4.69, 9.17) is 0 Å². The number of rotatable bonds is 4. The number of hydrogen-bond acceptors (Lipinski definition) is 4. The van der Waals surface area contributed by atoms with Gasteiger partial charge in [-0.3, -0.25) is 19.3 Å². The Morgan fingerprint density at radius 2 is 1.92 bits per heavy atom. The van der Waals surface area contributed by atoms with Crippen LogP contribution in [0.5, 0.6) is 0 Å². The van der Waals surface area contributed by atoms with E-state index in [-0.39, 0.29) is 17.6 Å². The second kappa shape index (κ2) is 7.23. The molecule has 1 heterocycles. The van der Waals surface area contributed by atoms with Crippen LogP contribution in [0.3, 0.4) is 0 Å². The lowest BCUT2D eigenvalue weighted by Gasteiger charge is -2.34. The highest BCUT2D eigenvalue weighted by Crippen LogP contribution is 2.31. The lowest BCUT2D eigenvalue weighted by molar-refractivity contribution is -0.145. The summed E-state index contributed by atoms with van der Waals surface area (Å²) in [5.41, 5.74) is 0.207. The van der Waals surface area contributed by atoms with Crippen molar-refractivity contribution < 1.29 is 23.6 Å². The Hall–Kier alpha value is -2.77. The summed E-state index contributed by atoms with van der Waals surface area (Å²) in [6.45, 7) is 1.37. The molecule has 1 aromatic carbocycles. The summed E-state index contributed by atoms with van der Waals surface area (Å²) in [5.74, 6) is -2.97. The van der Waals surface area contributed by atoms with Gasteiger partial charge < -0.3 is 5.32 Å². The summed E-state index contributed by atoms with van der Waals surface area (Å²) >= 11 is 0. The molecule has 26 heavy (non-hydrogen) atoms. The van der Waals surface area contributed by atoms with Crippen molar-refractivity contribution in [2.75, 3.05) is 11.9 Å². The van der Waals surface area contributed by atoms with Crippen LogP contribution in [0.4, 0.5) is 14.9 Å². The SMILES string of the molecule is C[C@H]1CCCC[C@@H]1N1C(=O)C(=O)N(CC(=O)Nc2cccc(F)c2)C1=O. The topological polar surface area (TPSA) is 86.8 Å². The maximum absolute atomic E-state index is 13.2. The lowest BCUT2D eigenvalue weighted by Crippen LogP contribution is -2.46. The highest BCUT2D eigenvalue weighted by molar-refractivity contribution is 6.45. The summed E-state index contributed by atoms with van der Waals surface area (Å²) in [6.07, 6.45) is 3.47. The normalized spacial score (nSPS) is 23.5. The third-order valence-corrected chi connectivity index (χ3v) is 4.89. The van der Waals surface area contributed by atoms with Crippen LogP contribution in [0.15, 0.2) is 24.3 Å². The molecule has 1 N–H and O–H groups in total. The van der Waals surface area contributed by atoms with E-state index >= 15 is 0 Å². The Kier molecular flexibility index (Phi) is 5.01. The maximum Gasteiger partial charge on any atom is 0.334 e. The Labute approximate surface area is 150 Å². The van der Waals surface area contributed by atoms with Crippen molar-refractivity contribution in [1.82, 2.24) is 9.80 Å². The Bertz CT molecular complexity index is 767. The molecule has 0 unspecified atom stereocenters. The molecule has 0 aromatic heterocycles. The van der Waals surface area contributed by atoms with E-state index in [1.807, 2.05) is 6.92 Å². The Morgan fingerprint density at radius 3 is 2.62 bits per heavy atom. The first-order chi connectivity index (χ1) is 12.4. The van der Waals surface area contributed by atoms with Crippen LogP contribution < -0.4 is 5.32 Å². The van der Waals surface area contributed by atoms with Gasteiger partial charge in [0.15, 0.2) is 0 Å². The molecule has 1 aliphatic carbocycles. The van der Waals surface area contributed by atoms with Crippen LogP contribution in [-0.4, -0.2) is 46.1 Å². The van der Waals surface area contributed by atoms with E-state index in [1.165, 1.54) is 18.2 Å². The fourth-order valence-corrected chi connectivity index (χ4v) is 3.54. The summed E-state index contributed by atoms with van der Waals surface area (Å²) < 4.78 is 13.2. The van der Waals surface area contributed by atoms with Crippen molar-refractivity contribution in [3.05, 3.63) is 30.1 Å². The highest BCUT2D eigenvalue weighted by Gasteiger charge is 2.49. The van der Waals surface area contributed by atoms with Crippen LogP contribution in [-0.2, 0) is 14.4 Å². The average Bonchev–Trinajstić information content (AvgIpc) is 2.79. The lowest BCUT2D eigenvalue weighted by atomic mass is 9.85. The first kappa shape index (κ1) is 18.0. The largest absolute Gasteiger partial charge is 0.334 e. The van der Waals surface area contributed by atoms with Crippen molar-refractivity contribution >= 4 is 29.4 Å². The number of carbonyl (C=O) groups excluding carboxylic acids is 4. The fraction of sp³-hybridized carbons (Fsp3) is 0.444. The number of urea groups is 1. The third kappa shape index (κ3) is 3.44. The number of halogens is 1. The van der Waals surface area contributed by atoms with Crippen molar-refractivity contribution in [3.8, 4) is 0 Å². The summed E-state index contributed by atoms with van der Waals surface area (Å²) in [5, 5.41) is 2.41. The zero-order valence-electron chi connectivity index (χ0n) is 14.4. The van der Waals surface area contributed by atoms with E-state index in [1.54, 1.807) is 0 Å². The minimum atomic E-state index is -0.998. The standard InChI is InChI=1S/C18H20FN3O4/c1-11-5-2-3-8-14(11)22-17(25)16(24)21(18(22)26)10-15(23)20-13-7-4-6-12(19)9-13/h4,6-7,9,11,14H,2-3,5,8,10H2,1H3,(H,20,23)/t11-,14-/m0/s1. The quantitative estimate of drug-likeness (QED) is 0.657. The Morgan fingerprint density at radius 1 is 1.19 bits per heavy atom. The molecule has 7 nitrogen and oxygen atoms in total. The van der Waals surface area contributed by atoms with Gasteiger partial charge in [0.25, 0.3) is 0 Å². The van der Waals surface area contributed by atoms with E-state index in [0.717, 1.165) is 30.2 Å². The molecule has 1 saturated heterocycles. The number of carbonyl (C=O) groups is 4. The van der Waals surface area contributed by atoms with Gasteiger partial charge in [-0.05, 0) is 37.0 Å². The van der Waals surface area contributed by atoms with Crippen LogP contribution in [0.25, 0.3) is 0 Å². The van der Waals surface area contributed by atoms with E-state index in [9.17, 15) is 23.6 Å². The van der Waals surface area contributed by atoms with Crippen molar-refractivity contribution in [2.45, 2.75) is 38.6 Å². The molecule has 138 valence electrons. The molecule has 1 saturated carbocycles. The number of anilines is 1. The molecule has 3 rings (SSSR count). The summed E-state index contributed by atoms with van der Waals surface area (Å²) in [7, 11) is 0. The third-order valence-electron chi connectivity index (χ3n) is 4.89. The van der Waals surface area contributed by atoms with Crippen LogP contribution >= 0.6 is 0 Å². The zero-order chi connectivity index (χ0) is 18.8. The molecular weight excluding hydrogens is 341 g/mol. The predicted molar refractivity (Wildman–Crippen MR) is 90.4 cm³/mol. The van der Waals surface area contributed by atoms with E-state index in [2.05, 4.69) is 5.32 Å². The molecule has 0 spiro atoms. The maximum atomic E-state index is 13.2. The minimum absolute atomic E-state index is 0.116. The van der Waals surface area contributed by atoms with Crippen molar-refractivity contribution in [3.63, 3.8) is 0 Å². The average molecular weight is 361 g/mol. The fourth-order valence-electron chi connectivity index (χ4n) is 3.54. The smallest absolute Gasteiger partial charge is 0.324 e. The zero-order valence-corrected chi connectivity index (χ0v) is 14.4. The van der Waals surface area contributed by atoms with Crippen molar-refractivity contribution in [1.29, 1.82) is 0 Å². The van der Waals surface area contributed by atoms with Gasteiger partial charge in [0, 0.05) is 11.7 Å². The molecule has 2 atom stereocenters. The minimum Gasteiger partial charge on any atom is -0.324 e. The van der Waals surface area contributed by atoms with Crippen LogP contribution in [0.1, 0.15) is 32.6 Å². The molecule has 2 aliphatic rings. The van der Waals surface area contributed by atoms with Gasteiger partial charge in [-0.2, -0.15) is 0 Å². The van der Waals surface area contributed by atoms with Gasteiger partial charge in [-0.1, -0.05) is 25.8 Å². The second-order valence-electron chi connectivity index (χ2n) is 6.74. The number of nitrogens with zero attached hydrogens (tertiary/aromatic N) is 2. The number of hydrogen-bond donors (Lipinski definition) is 1. The molecule has 1 aliphatic heterocycles. The van der Waals surface area contributed by atoms with Gasteiger partial charge in [0.05, 0.1) is 0 Å². The van der Waals surface area contributed by atoms with Gasteiger partial charge in [0.1, 0.15) is 12.4 Å². The predicted octanol–water partition coefficient (Wildman–Crippen LogP) is 2.13. The number of imide groups is 2. The summed E-state index contributed by atoms with van der Waals surface area (Å²) in [6, 6.07) is 4.18. The van der Waals surface area contributed by atoms with Gasteiger partial charge in [-0.25, -0.2) is 14.1 Å². The van der Waals surface area contributed by atoms with E-state index < -0.39 is 36.1 Å². The first-order valence-corrected chi connectivity index (χ1v) is 8.63. The highest BCUT2D eigenvalue weighted by atomic mass is 19.1. The number of benzene rings is 1. The van der Waals surface area contributed by atoms with Crippen LogP contribution in [0, 0.1) is 11.7 Å². The molecule has 0 radical (unpaired) electrons. The molecule has 0 bridgehead atoms. The molecule has 1 aromatic rings. The first-order valence-electron chi connectivity index (χ1n) is 8.63. The number of amides is 5. The van der Waals surface area contributed by atoms with Crippen molar-refractivity contribution in [2.24, 2.45) is 5.92 Å².